The van der Waals surface area contributed by atoms with E-state index in [4.69, 9.17) is 4.74 Å². The normalized spacial score (nSPS) is 21.6. The Morgan fingerprint density at radius 2 is 2.10 bits per heavy atom. The van der Waals surface area contributed by atoms with E-state index in [9.17, 15) is 9.59 Å². The topological polar surface area (TPSA) is 55.4 Å². The third-order valence-electron chi connectivity index (χ3n) is 3.85. The average molecular weight is 354 g/mol. The quantitative estimate of drug-likeness (QED) is 0.844. The molecule has 21 heavy (non-hydrogen) atoms. The number of hydrogen-bond donors (Lipinski definition) is 1. The lowest BCUT2D eigenvalue weighted by Crippen LogP contribution is -2.42. The predicted octanol–water partition coefficient (Wildman–Crippen LogP) is 3.30. The minimum Gasteiger partial charge on any atom is -0.452 e. The van der Waals surface area contributed by atoms with Gasteiger partial charge >= 0.3 is 5.97 Å². The van der Waals surface area contributed by atoms with Crippen LogP contribution in [-0.4, -0.2) is 24.5 Å². The van der Waals surface area contributed by atoms with Crippen molar-refractivity contribution in [2.24, 2.45) is 5.92 Å². The molecule has 0 heterocycles. The Morgan fingerprint density at radius 1 is 1.33 bits per heavy atom. The zero-order chi connectivity index (χ0) is 15.2. The summed E-state index contributed by atoms with van der Waals surface area (Å²) in [5, 5.41) is 2.96. The van der Waals surface area contributed by atoms with E-state index < -0.39 is 5.97 Å². The minimum absolute atomic E-state index is 0.204. The number of rotatable bonds is 4. The monoisotopic (exact) mass is 353 g/mol. The molecule has 0 bridgehead atoms. The van der Waals surface area contributed by atoms with Crippen molar-refractivity contribution in [2.75, 3.05) is 6.61 Å². The molecule has 2 rings (SSSR count). The number of halogens is 1. The molecule has 1 aromatic carbocycles. The van der Waals surface area contributed by atoms with E-state index in [1.165, 1.54) is 6.42 Å². The first-order valence-electron chi connectivity index (χ1n) is 7.28. The van der Waals surface area contributed by atoms with Gasteiger partial charge in [-0.3, -0.25) is 4.79 Å². The van der Waals surface area contributed by atoms with Crippen molar-refractivity contribution < 1.29 is 14.3 Å². The molecule has 0 unspecified atom stereocenters. The highest BCUT2D eigenvalue weighted by atomic mass is 79.9. The third kappa shape index (κ3) is 4.84. The Bertz CT molecular complexity index is 518. The van der Waals surface area contributed by atoms with Crippen molar-refractivity contribution in [1.29, 1.82) is 0 Å². The molecule has 0 aliphatic heterocycles. The van der Waals surface area contributed by atoms with Crippen molar-refractivity contribution in [3.05, 3.63) is 34.3 Å². The number of nitrogens with one attached hydrogen (secondary N) is 1. The number of hydrogen-bond acceptors (Lipinski definition) is 3. The lowest BCUT2D eigenvalue weighted by Gasteiger charge is -2.29. The van der Waals surface area contributed by atoms with Gasteiger partial charge in [0.25, 0.3) is 5.91 Å². The highest BCUT2D eigenvalue weighted by Gasteiger charge is 2.23. The molecule has 114 valence electrons. The summed E-state index contributed by atoms with van der Waals surface area (Å²) in [6.07, 6.45) is 4.52. The fourth-order valence-electron chi connectivity index (χ4n) is 2.61. The van der Waals surface area contributed by atoms with E-state index in [-0.39, 0.29) is 18.6 Å². The van der Waals surface area contributed by atoms with E-state index in [0.29, 0.717) is 11.5 Å². The van der Waals surface area contributed by atoms with Gasteiger partial charge in [0.15, 0.2) is 6.61 Å². The zero-order valence-corrected chi connectivity index (χ0v) is 13.7. The Morgan fingerprint density at radius 3 is 2.81 bits per heavy atom. The van der Waals surface area contributed by atoms with Gasteiger partial charge in [-0.1, -0.05) is 41.8 Å². The smallest absolute Gasteiger partial charge is 0.338 e. The molecule has 1 aliphatic rings. The fourth-order valence-corrected chi connectivity index (χ4v) is 3.01. The zero-order valence-electron chi connectivity index (χ0n) is 12.1. The lowest BCUT2D eigenvalue weighted by atomic mass is 9.86. The molecule has 0 aromatic heterocycles. The van der Waals surface area contributed by atoms with Crippen LogP contribution in [0.1, 0.15) is 43.0 Å². The molecule has 5 heteroatoms. The molecular weight excluding hydrogens is 334 g/mol. The molecule has 1 saturated carbocycles. The van der Waals surface area contributed by atoms with E-state index in [1.807, 2.05) is 6.07 Å². The summed E-state index contributed by atoms with van der Waals surface area (Å²) in [5.41, 5.74) is 0.434. The highest BCUT2D eigenvalue weighted by molar-refractivity contribution is 9.10. The van der Waals surface area contributed by atoms with E-state index >= 15 is 0 Å². The second-order valence-corrected chi connectivity index (χ2v) is 6.44. The summed E-state index contributed by atoms with van der Waals surface area (Å²) in [5.74, 6) is -0.219. The first kappa shape index (κ1) is 16.0. The average Bonchev–Trinajstić information content (AvgIpc) is 2.47. The van der Waals surface area contributed by atoms with Crippen molar-refractivity contribution in [3.8, 4) is 0 Å². The van der Waals surface area contributed by atoms with E-state index in [2.05, 4.69) is 28.2 Å². The second kappa shape index (κ2) is 7.59. The summed E-state index contributed by atoms with van der Waals surface area (Å²) in [4.78, 5) is 23.7. The SMILES string of the molecule is C[C@H]1CCCC[C@@H]1NC(=O)COC(=O)c1cccc(Br)c1. The predicted molar refractivity (Wildman–Crippen MR) is 84.0 cm³/mol. The van der Waals surface area contributed by atoms with Crippen LogP contribution in [0, 0.1) is 5.92 Å². The number of carbonyl (C=O) groups excluding carboxylic acids is 2. The number of esters is 1. The van der Waals surface area contributed by atoms with Crippen LogP contribution in [0.4, 0.5) is 0 Å². The number of benzene rings is 1. The van der Waals surface area contributed by atoms with Gasteiger partial charge in [-0.05, 0) is 37.0 Å². The van der Waals surface area contributed by atoms with Crippen LogP contribution < -0.4 is 5.32 Å². The number of amides is 1. The van der Waals surface area contributed by atoms with Crippen LogP contribution in [0.25, 0.3) is 0 Å². The van der Waals surface area contributed by atoms with E-state index in [1.54, 1.807) is 18.2 Å². The van der Waals surface area contributed by atoms with Crippen molar-refractivity contribution >= 4 is 27.8 Å². The second-order valence-electron chi connectivity index (χ2n) is 5.52. The van der Waals surface area contributed by atoms with Gasteiger partial charge in [0.1, 0.15) is 0 Å². The van der Waals surface area contributed by atoms with Gasteiger partial charge in [-0.25, -0.2) is 4.79 Å². The Balaban J connectivity index is 1.79. The van der Waals surface area contributed by atoms with Crippen LogP contribution in [0.5, 0.6) is 0 Å². The van der Waals surface area contributed by atoms with Gasteiger partial charge in [0.05, 0.1) is 5.56 Å². The number of carbonyl (C=O) groups is 2. The molecular formula is C16H20BrNO3. The van der Waals surface area contributed by atoms with Gasteiger partial charge in [0, 0.05) is 10.5 Å². The van der Waals surface area contributed by atoms with Crippen molar-refractivity contribution in [3.63, 3.8) is 0 Å². The van der Waals surface area contributed by atoms with Gasteiger partial charge in [-0.2, -0.15) is 0 Å². The Hall–Kier alpha value is -1.36. The first-order valence-corrected chi connectivity index (χ1v) is 8.07. The summed E-state index contributed by atoms with van der Waals surface area (Å²) in [7, 11) is 0. The fraction of sp³-hybridized carbons (Fsp3) is 0.500. The highest BCUT2D eigenvalue weighted by Crippen LogP contribution is 2.23. The molecule has 1 amide bonds. The molecule has 1 aromatic rings. The van der Waals surface area contributed by atoms with Crippen LogP contribution in [0.2, 0.25) is 0 Å². The summed E-state index contributed by atoms with van der Waals surface area (Å²) >= 11 is 3.30. The summed E-state index contributed by atoms with van der Waals surface area (Å²) < 4.78 is 5.85. The lowest BCUT2D eigenvalue weighted by molar-refractivity contribution is -0.125. The molecule has 0 saturated heterocycles. The molecule has 1 fully saturated rings. The standard InChI is InChI=1S/C16H20BrNO3/c1-11-5-2-3-8-14(11)18-15(19)10-21-16(20)12-6-4-7-13(17)9-12/h4,6-7,9,11,14H,2-3,5,8,10H2,1H3,(H,18,19)/t11-,14-/m0/s1. The minimum atomic E-state index is -0.483. The van der Waals surface area contributed by atoms with Gasteiger partial charge in [0.2, 0.25) is 0 Å². The van der Waals surface area contributed by atoms with Crippen molar-refractivity contribution in [1.82, 2.24) is 5.32 Å². The molecule has 2 atom stereocenters. The molecule has 1 aliphatic carbocycles. The maximum absolute atomic E-state index is 11.9. The van der Waals surface area contributed by atoms with Crippen LogP contribution in [0.3, 0.4) is 0 Å². The number of ether oxygens (including phenoxy) is 1. The molecule has 0 radical (unpaired) electrons. The van der Waals surface area contributed by atoms with Crippen LogP contribution >= 0.6 is 15.9 Å². The van der Waals surface area contributed by atoms with Crippen LogP contribution in [-0.2, 0) is 9.53 Å². The van der Waals surface area contributed by atoms with Gasteiger partial charge in [-0.15, -0.1) is 0 Å². The van der Waals surface area contributed by atoms with Gasteiger partial charge < -0.3 is 10.1 Å². The summed E-state index contributed by atoms with van der Waals surface area (Å²) in [6, 6.07) is 7.12. The first-order chi connectivity index (χ1) is 10.1. The third-order valence-corrected chi connectivity index (χ3v) is 4.35. The Labute approximate surface area is 133 Å². The van der Waals surface area contributed by atoms with Crippen LogP contribution in [0.15, 0.2) is 28.7 Å². The molecule has 0 spiro atoms. The maximum Gasteiger partial charge on any atom is 0.338 e. The summed E-state index contributed by atoms with van der Waals surface area (Å²) in [6.45, 7) is 1.92. The Kier molecular flexibility index (Phi) is 5.79. The van der Waals surface area contributed by atoms with E-state index in [0.717, 1.165) is 23.7 Å². The largest absolute Gasteiger partial charge is 0.452 e. The van der Waals surface area contributed by atoms with Crippen molar-refractivity contribution in [2.45, 2.75) is 38.6 Å². The molecule has 1 N–H and O–H groups in total. The maximum atomic E-state index is 11.9. The molecule has 4 nitrogen and oxygen atoms in total.